The van der Waals surface area contributed by atoms with Crippen molar-refractivity contribution < 1.29 is 18.3 Å². The van der Waals surface area contributed by atoms with Gasteiger partial charge in [-0.3, -0.25) is 0 Å². The Balaban J connectivity index is 2.43. The fourth-order valence-electron chi connectivity index (χ4n) is 1.89. The average Bonchev–Trinajstić information content (AvgIpc) is 2.78. The highest BCUT2D eigenvalue weighted by molar-refractivity contribution is 9.10. The van der Waals surface area contributed by atoms with Crippen LogP contribution in [0.3, 0.4) is 0 Å². The molecule has 6 heteroatoms. The van der Waals surface area contributed by atoms with Crippen LogP contribution in [0.5, 0.6) is 0 Å². The van der Waals surface area contributed by atoms with Gasteiger partial charge in [-0.15, -0.1) is 0 Å². The second-order valence-electron chi connectivity index (χ2n) is 3.91. The number of halogens is 3. The number of pyridine rings is 1. The van der Waals surface area contributed by atoms with Gasteiger partial charge in [-0.25, -0.2) is 13.8 Å². The Hall–Kier alpha value is -0.590. The topological polar surface area (TPSA) is 31.4 Å². The summed E-state index contributed by atoms with van der Waals surface area (Å²) in [6.45, 7) is 0.891. The van der Waals surface area contributed by atoms with Gasteiger partial charge < -0.3 is 9.47 Å². The van der Waals surface area contributed by atoms with Crippen molar-refractivity contribution in [3.8, 4) is 0 Å². The molecule has 0 bridgehead atoms. The molecule has 1 aromatic rings. The van der Waals surface area contributed by atoms with E-state index in [9.17, 15) is 8.78 Å². The highest BCUT2D eigenvalue weighted by Gasteiger charge is 2.39. The summed E-state index contributed by atoms with van der Waals surface area (Å²) in [6.07, 6.45) is -1.90. The summed E-state index contributed by atoms with van der Waals surface area (Å²) in [7, 11) is 1.54. The van der Waals surface area contributed by atoms with E-state index in [1.165, 1.54) is 12.1 Å². The molecule has 0 unspecified atom stereocenters. The van der Waals surface area contributed by atoms with Gasteiger partial charge in [0.05, 0.1) is 12.3 Å². The van der Waals surface area contributed by atoms with Crippen LogP contribution < -0.4 is 0 Å². The van der Waals surface area contributed by atoms with Crippen molar-refractivity contribution in [2.24, 2.45) is 0 Å². The molecule has 17 heavy (non-hydrogen) atoms. The first-order valence-corrected chi connectivity index (χ1v) is 5.96. The molecule has 2 heterocycles. The molecule has 0 amide bonds. The molecule has 2 rings (SSSR count). The summed E-state index contributed by atoms with van der Waals surface area (Å²) in [4.78, 5) is 4.22. The molecule has 0 aromatic carbocycles. The number of hydrogen-bond acceptors (Lipinski definition) is 3. The molecule has 1 aliphatic rings. The Bertz CT molecular complexity index is 408. The minimum Gasteiger partial charge on any atom is -0.378 e. The summed E-state index contributed by atoms with van der Waals surface area (Å²) in [5, 5.41) is 0. The van der Waals surface area contributed by atoms with Crippen molar-refractivity contribution in [1.29, 1.82) is 0 Å². The number of hydrogen-bond donors (Lipinski definition) is 0. The third-order valence-electron chi connectivity index (χ3n) is 2.91. The number of ether oxygens (including phenoxy) is 2. The van der Waals surface area contributed by atoms with Gasteiger partial charge in [-0.1, -0.05) is 0 Å². The smallest absolute Gasteiger partial charge is 0.264 e. The summed E-state index contributed by atoms with van der Waals surface area (Å²) in [5.41, 5.74) is -0.277. The molecular weight excluding hydrogens is 296 g/mol. The van der Waals surface area contributed by atoms with Gasteiger partial charge >= 0.3 is 0 Å². The predicted molar refractivity (Wildman–Crippen MR) is 61.0 cm³/mol. The van der Waals surface area contributed by atoms with E-state index < -0.39 is 12.0 Å². The second kappa shape index (κ2) is 4.96. The fourth-order valence-corrected chi connectivity index (χ4v) is 2.35. The van der Waals surface area contributed by atoms with E-state index in [1.54, 1.807) is 7.11 Å². The Morgan fingerprint density at radius 1 is 1.53 bits per heavy atom. The molecule has 1 aromatic heterocycles. The van der Waals surface area contributed by atoms with Crippen LogP contribution in [0.4, 0.5) is 8.78 Å². The van der Waals surface area contributed by atoms with Crippen LogP contribution in [-0.4, -0.2) is 25.3 Å². The number of nitrogens with zero attached hydrogens (tertiary/aromatic N) is 1. The first-order valence-electron chi connectivity index (χ1n) is 5.16. The maximum atomic E-state index is 12.7. The molecule has 0 radical (unpaired) electrons. The van der Waals surface area contributed by atoms with Gasteiger partial charge in [0.15, 0.2) is 0 Å². The molecule has 1 aliphatic heterocycles. The number of aromatic nitrogens is 1. The molecular formula is C11H12BrF2NO2. The Labute approximate surface area is 106 Å². The van der Waals surface area contributed by atoms with Crippen molar-refractivity contribution in [1.82, 2.24) is 4.98 Å². The minimum atomic E-state index is -2.52. The third-order valence-corrected chi connectivity index (χ3v) is 3.32. The van der Waals surface area contributed by atoms with Crippen molar-refractivity contribution >= 4 is 15.9 Å². The third kappa shape index (κ3) is 2.48. The van der Waals surface area contributed by atoms with Gasteiger partial charge in [-0.2, -0.15) is 0 Å². The maximum absolute atomic E-state index is 12.7. The average molecular weight is 308 g/mol. The van der Waals surface area contributed by atoms with Crippen LogP contribution in [0.25, 0.3) is 0 Å². The Morgan fingerprint density at radius 2 is 2.29 bits per heavy atom. The molecule has 0 N–H and O–H groups in total. The van der Waals surface area contributed by atoms with Crippen LogP contribution in [0.1, 0.15) is 24.1 Å². The molecule has 0 spiro atoms. The van der Waals surface area contributed by atoms with Crippen molar-refractivity contribution in [2.75, 3.05) is 20.3 Å². The summed E-state index contributed by atoms with van der Waals surface area (Å²) < 4.78 is 36.5. The zero-order valence-electron chi connectivity index (χ0n) is 9.25. The van der Waals surface area contributed by atoms with E-state index in [1.807, 2.05) is 0 Å². The maximum Gasteiger partial charge on any atom is 0.264 e. The van der Waals surface area contributed by atoms with Crippen LogP contribution in [-0.2, 0) is 15.1 Å². The fraction of sp³-hybridized carbons (Fsp3) is 0.545. The van der Waals surface area contributed by atoms with Gasteiger partial charge in [-0.05, 0) is 28.1 Å². The highest BCUT2D eigenvalue weighted by Crippen LogP contribution is 2.35. The van der Waals surface area contributed by atoms with Gasteiger partial charge in [0.25, 0.3) is 6.43 Å². The van der Waals surface area contributed by atoms with E-state index in [0.29, 0.717) is 29.9 Å². The van der Waals surface area contributed by atoms with E-state index in [0.717, 1.165) is 0 Å². The first-order chi connectivity index (χ1) is 8.07. The lowest BCUT2D eigenvalue weighted by Gasteiger charge is -2.25. The highest BCUT2D eigenvalue weighted by atomic mass is 79.9. The van der Waals surface area contributed by atoms with Crippen molar-refractivity contribution in [2.45, 2.75) is 18.4 Å². The number of alkyl halides is 2. The first kappa shape index (κ1) is 12.9. The zero-order chi connectivity index (χ0) is 12.5. The quantitative estimate of drug-likeness (QED) is 0.804. The van der Waals surface area contributed by atoms with Gasteiger partial charge in [0, 0.05) is 25.7 Å². The van der Waals surface area contributed by atoms with Crippen molar-refractivity contribution in [3.63, 3.8) is 0 Å². The molecule has 1 saturated heterocycles. The summed E-state index contributed by atoms with van der Waals surface area (Å²) in [5.74, 6) is 0. The van der Waals surface area contributed by atoms with Crippen LogP contribution in [0.2, 0.25) is 0 Å². The molecule has 0 saturated carbocycles. The normalized spacial score (nSPS) is 24.5. The lowest BCUT2D eigenvalue weighted by atomic mass is 9.97. The zero-order valence-corrected chi connectivity index (χ0v) is 10.8. The van der Waals surface area contributed by atoms with Crippen molar-refractivity contribution in [3.05, 3.63) is 28.0 Å². The number of methoxy groups -OCH3 is 1. The lowest BCUT2D eigenvalue weighted by molar-refractivity contribution is -0.0249. The predicted octanol–water partition coefficient (Wildman–Crippen LogP) is 3.04. The van der Waals surface area contributed by atoms with E-state index in [2.05, 4.69) is 20.9 Å². The lowest BCUT2D eigenvalue weighted by Crippen LogP contribution is -2.30. The summed E-state index contributed by atoms with van der Waals surface area (Å²) in [6, 6.07) is 2.70. The van der Waals surface area contributed by atoms with Gasteiger partial charge in [0.2, 0.25) is 0 Å². The largest absolute Gasteiger partial charge is 0.378 e. The molecule has 94 valence electrons. The Morgan fingerprint density at radius 3 is 2.82 bits per heavy atom. The number of rotatable bonds is 3. The van der Waals surface area contributed by atoms with E-state index >= 15 is 0 Å². The summed E-state index contributed by atoms with van der Waals surface area (Å²) >= 11 is 3.14. The molecule has 0 aliphatic carbocycles. The molecule has 3 nitrogen and oxygen atoms in total. The SMILES string of the molecule is CO[C@@]1(c2cc(C(F)F)cc(Br)n2)CCOC1. The molecule has 1 atom stereocenters. The monoisotopic (exact) mass is 307 g/mol. The van der Waals surface area contributed by atoms with Crippen LogP contribution >= 0.6 is 15.9 Å². The standard InChI is InChI=1S/C11H12BrF2NO2/c1-16-11(2-3-17-6-11)8-4-7(10(13)14)5-9(12)15-8/h4-5,10H,2-3,6H2,1H3/t11-/m0/s1. The molecule has 1 fully saturated rings. The second-order valence-corrected chi connectivity index (χ2v) is 4.72. The Kier molecular flexibility index (Phi) is 3.75. The van der Waals surface area contributed by atoms with Gasteiger partial charge in [0.1, 0.15) is 10.2 Å². The van der Waals surface area contributed by atoms with E-state index in [4.69, 9.17) is 9.47 Å². The minimum absolute atomic E-state index is 0.0646. The van der Waals surface area contributed by atoms with Crippen LogP contribution in [0.15, 0.2) is 16.7 Å². The van der Waals surface area contributed by atoms with E-state index in [-0.39, 0.29) is 5.56 Å². The van der Waals surface area contributed by atoms with Crippen LogP contribution in [0, 0.1) is 0 Å².